The zero-order chi connectivity index (χ0) is 24.9. The molecule has 1 aliphatic rings. The van der Waals surface area contributed by atoms with Crippen molar-refractivity contribution in [2.75, 3.05) is 4.90 Å². The molecule has 0 spiro atoms. The minimum atomic E-state index is -3.96. The van der Waals surface area contributed by atoms with Crippen molar-refractivity contribution in [2.45, 2.75) is 10.9 Å². The molecule has 3 N–H and O–H groups in total. The van der Waals surface area contributed by atoms with E-state index in [-0.39, 0.29) is 21.9 Å². The molecule has 4 aromatic rings. The van der Waals surface area contributed by atoms with E-state index < -0.39 is 33.5 Å². The van der Waals surface area contributed by atoms with Crippen LogP contribution in [-0.2, 0) is 14.8 Å². The number of carbonyl (C=O) groups is 2. The maximum Gasteiger partial charge on any atom is 0.294 e. The first kappa shape index (κ1) is 22.8. The third kappa shape index (κ3) is 3.97. The number of fused-ring (bicyclic) bond motifs is 1. The van der Waals surface area contributed by atoms with E-state index in [0.29, 0.717) is 21.7 Å². The summed E-state index contributed by atoms with van der Waals surface area (Å²) in [4.78, 5) is 32.0. The van der Waals surface area contributed by atoms with E-state index in [4.69, 9.17) is 21.2 Å². The van der Waals surface area contributed by atoms with Crippen molar-refractivity contribution in [3.05, 3.63) is 101 Å². The molecule has 0 saturated heterocycles. The lowest BCUT2D eigenvalue weighted by atomic mass is 9.98. The number of Topliss-reactive ketones (excluding diaryl/α,β-unsaturated/α-hetero) is 1. The maximum absolute atomic E-state index is 13.6. The van der Waals surface area contributed by atoms with Crippen LogP contribution in [0.2, 0.25) is 5.02 Å². The molecular formula is C24H16ClN3O6S. The van der Waals surface area contributed by atoms with E-state index in [1.54, 1.807) is 36.4 Å². The number of amides is 1. The first-order valence-corrected chi connectivity index (χ1v) is 12.1. The van der Waals surface area contributed by atoms with E-state index >= 15 is 0 Å². The van der Waals surface area contributed by atoms with Gasteiger partial charge in [0.25, 0.3) is 5.91 Å². The number of anilines is 1. The second-order valence-corrected chi connectivity index (χ2v) is 9.75. The number of ketones is 1. The average Bonchev–Trinajstić information content (AvgIpc) is 3.37. The van der Waals surface area contributed by atoms with E-state index in [1.807, 2.05) is 0 Å². The van der Waals surface area contributed by atoms with Crippen molar-refractivity contribution in [1.82, 2.24) is 4.98 Å². The Kier molecular flexibility index (Phi) is 5.43. The van der Waals surface area contributed by atoms with Crippen LogP contribution >= 0.6 is 11.6 Å². The highest BCUT2D eigenvalue weighted by molar-refractivity contribution is 7.89. The molecule has 0 saturated carbocycles. The van der Waals surface area contributed by atoms with Gasteiger partial charge in [0.1, 0.15) is 11.6 Å². The highest BCUT2D eigenvalue weighted by atomic mass is 35.5. The molecule has 35 heavy (non-hydrogen) atoms. The number of halogens is 1. The summed E-state index contributed by atoms with van der Waals surface area (Å²) in [7, 11) is -3.96. The molecule has 11 heteroatoms. The first-order valence-electron chi connectivity index (χ1n) is 10.2. The van der Waals surface area contributed by atoms with Crippen molar-refractivity contribution in [1.29, 1.82) is 0 Å². The second kappa shape index (κ2) is 8.35. The standard InChI is InChI=1S/C24H16ClN3O6S/c25-14-4-9-18-13(11-14)12-19(34-18)22(29)20-21(17-3-1-2-10-27-17)28(24(31)23(20)30)15-5-7-16(8-6-15)35(26,32)33/h1-12,21,30H,(H2,26,32,33). The number of pyridine rings is 1. The Bertz CT molecular complexity index is 1630. The van der Waals surface area contributed by atoms with Crippen LogP contribution in [0.1, 0.15) is 22.3 Å². The Morgan fingerprint density at radius 1 is 1.09 bits per heavy atom. The van der Waals surface area contributed by atoms with E-state index in [0.717, 1.165) is 4.90 Å². The maximum atomic E-state index is 13.6. The highest BCUT2D eigenvalue weighted by Gasteiger charge is 2.46. The molecule has 176 valence electrons. The molecule has 9 nitrogen and oxygen atoms in total. The summed E-state index contributed by atoms with van der Waals surface area (Å²) in [5.74, 6) is -2.42. The fraction of sp³-hybridized carbons (Fsp3) is 0.0417. The number of hydrogen-bond acceptors (Lipinski definition) is 7. The van der Waals surface area contributed by atoms with Gasteiger partial charge in [0.05, 0.1) is 16.2 Å². The van der Waals surface area contributed by atoms with Gasteiger partial charge in [0.2, 0.25) is 15.8 Å². The van der Waals surface area contributed by atoms with Crippen molar-refractivity contribution in [3.8, 4) is 0 Å². The Morgan fingerprint density at radius 3 is 2.49 bits per heavy atom. The SMILES string of the molecule is NS(=O)(=O)c1ccc(N2C(=O)C(O)=C(C(=O)c3cc4cc(Cl)ccc4o3)C2c2ccccn2)cc1. The number of rotatable bonds is 5. The Labute approximate surface area is 204 Å². The van der Waals surface area contributed by atoms with E-state index in [1.165, 1.54) is 36.5 Å². The van der Waals surface area contributed by atoms with Crippen LogP contribution in [0.25, 0.3) is 11.0 Å². The second-order valence-electron chi connectivity index (χ2n) is 7.76. The number of aliphatic hydroxyl groups excluding tert-OH is 1. The summed E-state index contributed by atoms with van der Waals surface area (Å²) >= 11 is 6.03. The number of nitrogens with zero attached hydrogens (tertiary/aromatic N) is 2. The molecule has 0 radical (unpaired) electrons. The predicted octanol–water partition coefficient (Wildman–Crippen LogP) is 3.91. The third-order valence-corrected chi connectivity index (χ3v) is 6.73. The number of hydrogen-bond donors (Lipinski definition) is 2. The molecule has 2 aromatic heterocycles. The van der Waals surface area contributed by atoms with Gasteiger partial charge in [0, 0.05) is 22.3 Å². The summed E-state index contributed by atoms with van der Waals surface area (Å²) in [5, 5.41) is 17.0. The Hall–Kier alpha value is -3.99. The lowest BCUT2D eigenvalue weighted by Crippen LogP contribution is -2.31. The van der Waals surface area contributed by atoms with Gasteiger partial charge < -0.3 is 9.52 Å². The fourth-order valence-corrected chi connectivity index (χ4v) is 4.67. The molecule has 0 aliphatic carbocycles. The van der Waals surface area contributed by atoms with Crippen LogP contribution in [0, 0.1) is 0 Å². The number of primary sulfonamides is 1. The highest BCUT2D eigenvalue weighted by Crippen LogP contribution is 2.42. The molecule has 2 aromatic carbocycles. The van der Waals surface area contributed by atoms with Gasteiger partial charge in [-0.3, -0.25) is 19.5 Å². The Morgan fingerprint density at radius 2 is 1.83 bits per heavy atom. The third-order valence-electron chi connectivity index (χ3n) is 5.57. The van der Waals surface area contributed by atoms with E-state index in [2.05, 4.69) is 4.98 Å². The van der Waals surface area contributed by atoms with Gasteiger partial charge in [-0.1, -0.05) is 17.7 Å². The smallest absolute Gasteiger partial charge is 0.294 e. The summed E-state index contributed by atoms with van der Waals surface area (Å²) in [6, 6.07) is 15.3. The predicted molar refractivity (Wildman–Crippen MR) is 127 cm³/mol. The molecule has 1 aliphatic heterocycles. The van der Waals surface area contributed by atoms with Crippen LogP contribution in [0.3, 0.4) is 0 Å². The average molecular weight is 510 g/mol. The lowest BCUT2D eigenvalue weighted by molar-refractivity contribution is -0.117. The summed E-state index contributed by atoms with van der Waals surface area (Å²) in [6.07, 6.45) is 1.49. The largest absolute Gasteiger partial charge is 0.503 e. The summed E-state index contributed by atoms with van der Waals surface area (Å²) in [6.45, 7) is 0. The topological polar surface area (TPSA) is 144 Å². The van der Waals surface area contributed by atoms with Gasteiger partial charge in [-0.05, 0) is 60.7 Å². The quantitative estimate of drug-likeness (QED) is 0.388. The fourth-order valence-electron chi connectivity index (χ4n) is 3.98. The van der Waals surface area contributed by atoms with Crippen molar-refractivity contribution >= 4 is 50.0 Å². The minimum Gasteiger partial charge on any atom is -0.503 e. The minimum absolute atomic E-state index is 0.0935. The van der Waals surface area contributed by atoms with Crippen molar-refractivity contribution in [3.63, 3.8) is 0 Å². The molecule has 5 rings (SSSR count). The van der Waals surface area contributed by atoms with Gasteiger partial charge in [-0.15, -0.1) is 0 Å². The lowest BCUT2D eigenvalue weighted by Gasteiger charge is -2.26. The number of furan rings is 1. The van der Waals surface area contributed by atoms with Gasteiger partial charge in [-0.2, -0.15) is 0 Å². The number of aliphatic hydroxyl groups is 1. The number of nitrogens with two attached hydrogens (primary N) is 1. The van der Waals surface area contributed by atoms with Crippen LogP contribution in [-0.4, -0.2) is 30.2 Å². The van der Waals surface area contributed by atoms with Crippen LogP contribution in [0.4, 0.5) is 5.69 Å². The number of sulfonamides is 1. The van der Waals surface area contributed by atoms with Gasteiger partial charge >= 0.3 is 0 Å². The molecule has 1 unspecified atom stereocenters. The monoisotopic (exact) mass is 509 g/mol. The molecule has 0 fully saturated rings. The molecule has 0 bridgehead atoms. The van der Waals surface area contributed by atoms with Crippen LogP contribution < -0.4 is 10.0 Å². The first-order chi connectivity index (χ1) is 16.6. The number of benzene rings is 2. The van der Waals surface area contributed by atoms with Crippen molar-refractivity contribution in [2.24, 2.45) is 5.14 Å². The summed E-state index contributed by atoms with van der Waals surface area (Å²) < 4.78 is 28.9. The zero-order valence-electron chi connectivity index (χ0n) is 17.8. The normalized spacial score (nSPS) is 16.3. The number of carbonyl (C=O) groups excluding carboxylic acids is 2. The van der Waals surface area contributed by atoms with Crippen molar-refractivity contribution < 1.29 is 27.5 Å². The molecule has 1 atom stereocenters. The van der Waals surface area contributed by atoms with Gasteiger partial charge in [0.15, 0.2) is 11.5 Å². The Balaban J connectivity index is 1.63. The van der Waals surface area contributed by atoms with Gasteiger partial charge in [-0.25, -0.2) is 13.6 Å². The van der Waals surface area contributed by atoms with Crippen LogP contribution in [0.15, 0.2) is 93.6 Å². The zero-order valence-corrected chi connectivity index (χ0v) is 19.3. The molecule has 1 amide bonds. The number of aromatic nitrogens is 1. The van der Waals surface area contributed by atoms with Crippen LogP contribution in [0.5, 0.6) is 0 Å². The molecule has 3 heterocycles. The van der Waals surface area contributed by atoms with E-state index in [9.17, 15) is 23.1 Å². The molecular weight excluding hydrogens is 494 g/mol. The summed E-state index contributed by atoms with van der Waals surface area (Å²) in [5.41, 5.74) is 0.716.